The minimum Gasteiger partial charge on any atom is -0.493 e. The van der Waals surface area contributed by atoms with E-state index in [0.29, 0.717) is 33.5 Å². The normalized spacial score (nSPS) is 22.0. The van der Waals surface area contributed by atoms with Crippen molar-refractivity contribution < 1.29 is 9.53 Å². The van der Waals surface area contributed by atoms with Crippen molar-refractivity contribution in [3.05, 3.63) is 99.0 Å². The van der Waals surface area contributed by atoms with Crippen LogP contribution in [0.4, 0.5) is 0 Å². The highest BCUT2D eigenvalue weighted by molar-refractivity contribution is 6.65. The maximum atomic E-state index is 13.0. The summed E-state index contributed by atoms with van der Waals surface area (Å²) in [5.41, 5.74) is 1.28. The second-order valence-electron chi connectivity index (χ2n) is 7.63. The number of carbonyl (C=O) groups is 1. The third-order valence-electron chi connectivity index (χ3n) is 5.64. The molecule has 3 aromatic carbocycles. The zero-order valence-electron chi connectivity index (χ0n) is 17.6. The lowest BCUT2D eigenvalue weighted by atomic mass is 9.95. The van der Waals surface area contributed by atoms with E-state index in [0.717, 1.165) is 11.1 Å². The van der Waals surface area contributed by atoms with Crippen molar-refractivity contribution in [2.45, 2.75) is 24.7 Å². The van der Waals surface area contributed by atoms with Crippen LogP contribution in [0.5, 0.6) is 5.75 Å². The fraction of sp³-hybridized carbons (Fsp3) is 0.200. The molecule has 0 radical (unpaired) electrons. The van der Waals surface area contributed by atoms with E-state index in [1.54, 1.807) is 42.5 Å². The van der Waals surface area contributed by atoms with Gasteiger partial charge in [-0.3, -0.25) is 15.4 Å². The molecule has 0 saturated carbocycles. The zero-order chi connectivity index (χ0) is 23.6. The molecule has 3 aromatic rings. The van der Waals surface area contributed by atoms with Crippen LogP contribution in [0.1, 0.15) is 41.3 Å². The summed E-state index contributed by atoms with van der Waals surface area (Å²) in [4.78, 5) is 13.0. The SMILES string of the molecule is CCOc1cc(C#N)ccc1C1(C(=O)Cl)N[C@H](c2ccc(Cl)cc2)[C@H](c2ccc(Cl)cc2)N1. The third kappa shape index (κ3) is 4.59. The quantitative estimate of drug-likeness (QED) is 0.415. The first kappa shape index (κ1) is 23.6. The molecular formula is C25H20Cl3N3O2. The van der Waals surface area contributed by atoms with Crippen molar-refractivity contribution >= 4 is 40.0 Å². The molecule has 3 atom stereocenters. The number of ether oxygens (including phenoxy) is 1. The molecule has 0 bridgehead atoms. The van der Waals surface area contributed by atoms with Gasteiger partial charge in [-0.1, -0.05) is 53.5 Å². The summed E-state index contributed by atoms with van der Waals surface area (Å²) in [6, 6.07) is 21.2. The van der Waals surface area contributed by atoms with Crippen molar-refractivity contribution in [1.29, 1.82) is 5.26 Å². The Morgan fingerprint density at radius 3 is 1.91 bits per heavy atom. The number of hydrogen-bond acceptors (Lipinski definition) is 5. The van der Waals surface area contributed by atoms with E-state index in [9.17, 15) is 10.1 Å². The van der Waals surface area contributed by atoms with Crippen molar-refractivity contribution in [2.75, 3.05) is 6.61 Å². The first-order valence-corrected chi connectivity index (χ1v) is 11.4. The molecule has 2 N–H and O–H groups in total. The van der Waals surface area contributed by atoms with Crippen molar-refractivity contribution in [2.24, 2.45) is 0 Å². The number of halogens is 3. The Kier molecular flexibility index (Phi) is 6.94. The lowest BCUT2D eigenvalue weighted by Crippen LogP contribution is -2.51. The molecule has 4 rings (SSSR count). The summed E-state index contributed by atoms with van der Waals surface area (Å²) in [5.74, 6) is 0.400. The molecule has 1 aliphatic heterocycles. The van der Waals surface area contributed by atoms with Crippen LogP contribution in [-0.2, 0) is 10.5 Å². The molecule has 168 valence electrons. The Labute approximate surface area is 207 Å². The van der Waals surface area contributed by atoms with Gasteiger partial charge in [-0.2, -0.15) is 5.26 Å². The maximum absolute atomic E-state index is 13.0. The summed E-state index contributed by atoms with van der Waals surface area (Å²) in [6.07, 6.45) is 0. The molecule has 1 aliphatic rings. The first-order valence-electron chi connectivity index (χ1n) is 10.3. The summed E-state index contributed by atoms with van der Waals surface area (Å²) in [6.45, 7) is 2.19. The number of benzene rings is 3. The molecular weight excluding hydrogens is 481 g/mol. The van der Waals surface area contributed by atoms with Crippen LogP contribution < -0.4 is 15.4 Å². The minimum absolute atomic E-state index is 0.337. The van der Waals surface area contributed by atoms with Gasteiger partial charge in [-0.25, -0.2) is 0 Å². The Bertz CT molecular complexity index is 1150. The van der Waals surface area contributed by atoms with Gasteiger partial charge in [-0.15, -0.1) is 0 Å². The van der Waals surface area contributed by atoms with E-state index >= 15 is 0 Å². The van der Waals surface area contributed by atoms with E-state index in [1.807, 2.05) is 31.2 Å². The Morgan fingerprint density at radius 2 is 1.48 bits per heavy atom. The molecule has 5 nitrogen and oxygen atoms in total. The summed E-state index contributed by atoms with van der Waals surface area (Å²) >= 11 is 18.5. The fourth-order valence-electron chi connectivity index (χ4n) is 4.12. The van der Waals surface area contributed by atoms with E-state index in [1.165, 1.54) is 0 Å². The van der Waals surface area contributed by atoms with Crippen molar-refractivity contribution in [3.8, 4) is 11.8 Å². The Morgan fingerprint density at radius 1 is 0.970 bits per heavy atom. The lowest BCUT2D eigenvalue weighted by Gasteiger charge is -2.29. The van der Waals surface area contributed by atoms with Gasteiger partial charge in [0.2, 0.25) is 0 Å². The number of hydrogen-bond donors (Lipinski definition) is 2. The molecule has 1 saturated heterocycles. The standard InChI is InChI=1S/C25H20Cl3N3O2/c1-2-33-21-13-15(14-29)3-12-20(21)25(24(28)32)30-22(16-4-8-18(26)9-5-16)23(31-25)17-6-10-19(27)11-7-17/h3-13,22-23,30-31H,2H2,1H3/t22-,23+,25?. The van der Waals surface area contributed by atoms with Gasteiger partial charge in [0.25, 0.3) is 5.24 Å². The van der Waals surface area contributed by atoms with E-state index in [2.05, 4.69) is 16.7 Å². The predicted octanol–water partition coefficient (Wildman–Crippen LogP) is 5.86. The lowest BCUT2D eigenvalue weighted by molar-refractivity contribution is -0.118. The number of carbonyl (C=O) groups excluding carboxylic acids is 1. The van der Waals surface area contributed by atoms with Gasteiger partial charge >= 0.3 is 0 Å². The summed E-state index contributed by atoms with van der Waals surface area (Å²) in [7, 11) is 0. The number of nitriles is 1. The molecule has 1 unspecified atom stereocenters. The molecule has 0 amide bonds. The smallest absolute Gasteiger partial charge is 0.261 e. The fourth-order valence-corrected chi connectivity index (χ4v) is 4.58. The van der Waals surface area contributed by atoms with Gasteiger partial charge < -0.3 is 4.74 Å². The molecule has 1 heterocycles. The number of nitrogens with zero attached hydrogens (tertiary/aromatic N) is 1. The van der Waals surface area contributed by atoms with E-state index in [4.69, 9.17) is 39.5 Å². The second-order valence-corrected chi connectivity index (χ2v) is 8.84. The number of nitrogens with one attached hydrogen (secondary N) is 2. The Balaban J connectivity index is 1.88. The van der Waals surface area contributed by atoms with Gasteiger partial charge in [0, 0.05) is 15.6 Å². The summed E-state index contributed by atoms with van der Waals surface area (Å²) in [5, 5.41) is 16.8. The molecule has 0 aliphatic carbocycles. The summed E-state index contributed by atoms with van der Waals surface area (Å²) < 4.78 is 5.80. The number of rotatable bonds is 6. The molecule has 33 heavy (non-hydrogen) atoms. The minimum atomic E-state index is -1.46. The largest absolute Gasteiger partial charge is 0.493 e. The zero-order valence-corrected chi connectivity index (χ0v) is 19.9. The van der Waals surface area contributed by atoms with E-state index in [-0.39, 0.29) is 12.1 Å². The highest BCUT2D eigenvalue weighted by Crippen LogP contribution is 2.44. The van der Waals surface area contributed by atoms with Crippen LogP contribution in [0.15, 0.2) is 66.7 Å². The predicted molar refractivity (Wildman–Crippen MR) is 130 cm³/mol. The third-order valence-corrected chi connectivity index (χ3v) is 6.43. The molecule has 0 aromatic heterocycles. The molecule has 0 spiro atoms. The second kappa shape index (κ2) is 9.72. The van der Waals surface area contributed by atoms with Crippen LogP contribution in [0.3, 0.4) is 0 Å². The van der Waals surface area contributed by atoms with Crippen LogP contribution in [0.2, 0.25) is 10.0 Å². The van der Waals surface area contributed by atoms with Crippen molar-refractivity contribution in [1.82, 2.24) is 10.6 Å². The maximum Gasteiger partial charge on any atom is 0.261 e. The van der Waals surface area contributed by atoms with Crippen LogP contribution >= 0.6 is 34.8 Å². The van der Waals surface area contributed by atoms with Gasteiger partial charge in [0.15, 0.2) is 5.66 Å². The van der Waals surface area contributed by atoms with Gasteiger partial charge in [0.05, 0.1) is 30.3 Å². The van der Waals surface area contributed by atoms with Crippen LogP contribution in [0.25, 0.3) is 0 Å². The van der Waals surface area contributed by atoms with Gasteiger partial charge in [0.1, 0.15) is 5.75 Å². The molecule has 1 fully saturated rings. The van der Waals surface area contributed by atoms with Crippen LogP contribution in [-0.4, -0.2) is 11.8 Å². The van der Waals surface area contributed by atoms with Crippen LogP contribution in [0, 0.1) is 11.3 Å². The van der Waals surface area contributed by atoms with Crippen molar-refractivity contribution in [3.63, 3.8) is 0 Å². The monoisotopic (exact) mass is 499 g/mol. The van der Waals surface area contributed by atoms with Gasteiger partial charge in [-0.05, 0) is 66.0 Å². The highest BCUT2D eigenvalue weighted by Gasteiger charge is 2.52. The topological polar surface area (TPSA) is 74.1 Å². The first-order chi connectivity index (χ1) is 15.9. The Hall–Kier alpha value is -2.59. The average molecular weight is 501 g/mol. The highest BCUT2D eigenvalue weighted by atomic mass is 35.5. The van der Waals surface area contributed by atoms with E-state index < -0.39 is 10.9 Å². The molecule has 8 heteroatoms. The average Bonchev–Trinajstić information content (AvgIpc) is 3.22.